The molecule has 5 unspecified atom stereocenters. The van der Waals surface area contributed by atoms with E-state index >= 15 is 0 Å². The number of rotatable bonds is 1. The Hall–Kier alpha value is 0.150. The predicted molar refractivity (Wildman–Crippen MR) is 90.9 cm³/mol. The van der Waals surface area contributed by atoms with E-state index in [1.54, 1.807) is 33.6 Å². The molecular formula is C10H23O5P5Rf-2. The van der Waals surface area contributed by atoms with Gasteiger partial charge in [0.2, 0.25) is 0 Å². The molecule has 0 spiro atoms. The number of hydrogen-bond acceptors (Lipinski definition) is 5. The Morgan fingerprint density at radius 2 is 1.10 bits per heavy atom. The van der Waals surface area contributed by atoms with Crippen LogP contribution in [0.25, 0.3) is 0 Å². The van der Waals surface area contributed by atoms with Crippen LogP contribution in [0.1, 0.15) is 6.92 Å². The smallest absolute Gasteiger partial charge is 0.00411 e. The maximum Gasteiger partial charge on any atom is 0.00411 e. The molecule has 0 aliphatic carbocycles. The van der Waals surface area contributed by atoms with Crippen molar-refractivity contribution in [3.05, 3.63) is 10.5 Å². The van der Waals surface area contributed by atoms with Gasteiger partial charge in [0.1, 0.15) is 0 Å². The first-order chi connectivity index (χ1) is 8.63. The molecule has 2 rings (SSSR count). The van der Waals surface area contributed by atoms with E-state index in [1.165, 1.54) is 6.66 Å². The first kappa shape index (κ1) is 21.1. The van der Waals surface area contributed by atoms with E-state index in [4.69, 9.17) is 0 Å². The predicted octanol–water partition coefficient (Wildman–Crippen LogP) is 5.03. The monoisotopic (exact) mass is 645 g/mol. The molecule has 2 aliphatic rings. The Balaban J connectivity index is 0.000000370. The average Bonchev–Trinajstić information content (AvgIpc) is 2.11. The molecule has 2 heterocycles. The fourth-order valence-corrected chi connectivity index (χ4v) is 26.2. The Morgan fingerprint density at radius 3 is 1.14 bits per heavy atom. The SMILES string of the molecule is C[C-]1P(C)(=O)CP1(C)=O.C[PH](=O)[C-]1P(C)(=O)CP1(C)=O.[Rf]. The summed E-state index contributed by atoms with van der Waals surface area (Å²) in [4.78, 5) is 0. The van der Waals surface area contributed by atoms with Crippen molar-refractivity contribution in [1.82, 2.24) is 0 Å². The second-order valence-electron chi connectivity index (χ2n) is 6.11. The van der Waals surface area contributed by atoms with Gasteiger partial charge in [-0.15, -0.1) is 5.14 Å². The fourth-order valence-electron chi connectivity index (χ4n) is 2.77. The van der Waals surface area contributed by atoms with Crippen LogP contribution < -0.4 is 0 Å². The normalized spacial score (nSPS) is 47.9. The summed E-state index contributed by atoms with van der Waals surface area (Å²) in [5.74, 6) is 0.755. The van der Waals surface area contributed by atoms with Gasteiger partial charge in [-0.25, -0.2) is 0 Å². The van der Waals surface area contributed by atoms with Gasteiger partial charge in [0.05, 0.1) is 0 Å². The van der Waals surface area contributed by atoms with Crippen LogP contribution in [-0.4, -0.2) is 45.1 Å². The summed E-state index contributed by atoms with van der Waals surface area (Å²) < 4.78 is 56.4. The maximum absolute atomic E-state index is 11.5. The van der Waals surface area contributed by atoms with Crippen LogP contribution in [-0.2, 0) is 22.8 Å². The molecule has 21 heavy (non-hydrogen) atoms. The molecule has 2 aliphatic heterocycles. The van der Waals surface area contributed by atoms with E-state index in [-0.39, 0.29) is 0 Å². The Kier molecular flexibility index (Phi) is 6.02. The van der Waals surface area contributed by atoms with Crippen molar-refractivity contribution in [1.29, 1.82) is 0 Å². The van der Waals surface area contributed by atoms with Crippen LogP contribution >= 0.6 is 36.4 Å². The summed E-state index contributed by atoms with van der Waals surface area (Å²) >= 11 is 0. The zero-order chi connectivity index (χ0) is 16.1. The minimum absolute atomic E-state index is 0. The van der Waals surface area contributed by atoms with Gasteiger partial charge in [-0.1, -0.05) is 0 Å². The molecule has 5 nitrogen and oxygen atoms in total. The summed E-state index contributed by atoms with van der Waals surface area (Å²) in [6, 6.07) is 0. The first-order valence-corrected chi connectivity index (χ1v) is 17.4. The van der Waals surface area contributed by atoms with Crippen LogP contribution in [0, 0.1) is 10.5 Å². The van der Waals surface area contributed by atoms with Crippen molar-refractivity contribution in [2.75, 3.05) is 45.1 Å². The van der Waals surface area contributed by atoms with Crippen LogP contribution in [0.3, 0.4) is 0 Å². The van der Waals surface area contributed by atoms with E-state index in [9.17, 15) is 22.8 Å². The van der Waals surface area contributed by atoms with Crippen molar-refractivity contribution >= 4 is 36.4 Å². The Morgan fingerprint density at radius 1 is 0.810 bits per heavy atom. The zero-order valence-electron chi connectivity index (χ0n) is 13.5. The topological polar surface area (TPSA) is 85.3 Å². The van der Waals surface area contributed by atoms with Crippen LogP contribution in [0.2, 0.25) is 0 Å². The van der Waals surface area contributed by atoms with Crippen molar-refractivity contribution < 1.29 is 22.8 Å². The molecule has 0 aromatic carbocycles. The molecule has 0 bridgehead atoms. The minimum Gasteiger partial charge on any atom is -0.360 e. The molecule has 0 amide bonds. The van der Waals surface area contributed by atoms with E-state index in [1.807, 2.05) is 0 Å². The van der Waals surface area contributed by atoms with Crippen LogP contribution in [0.4, 0.5) is 0 Å². The van der Waals surface area contributed by atoms with Gasteiger partial charge in [-0.05, 0) is 69.7 Å². The van der Waals surface area contributed by atoms with E-state index < -0.39 is 36.4 Å². The van der Waals surface area contributed by atoms with Crippen molar-refractivity contribution in [3.63, 3.8) is 0 Å². The Bertz CT molecular complexity index is 585. The van der Waals surface area contributed by atoms with Crippen molar-refractivity contribution in [3.8, 4) is 0 Å². The maximum atomic E-state index is 11.5. The molecule has 5 atom stereocenters. The average molecular weight is 645 g/mol. The molecular weight excluding hydrogens is 622 g/mol. The van der Waals surface area contributed by atoms with Gasteiger partial charge in [0, 0.05) is 11.8 Å². The zero-order valence-corrected chi connectivity index (χ0v) is 24.4. The van der Waals surface area contributed by atoms with Gasteiger partial charge in [-0.3, -0.25) is 0 Å². The molecule has 0 aromatic heterocycles. The molecule has 2 saturated heterocycles. The Labute approximate surface area is 122 Å². The second-order valence-corrected chi connectivity index (χ2v) is 22.6. The van der Waals surface area contributed by atoms with E-state index in [0.29, 0.717) is 16.9 Å². The summed E-state index contributed by atoms with van der Waals surface area (Å²) in [6.45, 7) is 9.85. The molecule has 0 radical (unpaired) electrons. The summed E-state index contributed by atoms with van der Waals surface area (Å²) in [6.07, 6.45) is 0. The molecule has 11 heteroatoms. The van der Waals surface area contributed by atoms with Gasteiger partial charge < -0.3 is 22.8 Å². The molecule has 2 fully saturated rings. The molecule has 0 N–H and O–H groups in total. The first-order valence-electron chi connectivity index (χ1n) is 6.13. The van der Waals surface area contributed by atoms with Crippen molar-refractivity contribution in [2.24, 2.45) is 0 Å². The quantitative estimate of drug-likeness (QED) is 0.295. The third kappa shape index (κ3) is 4.12. The third-order valence-electron chi connectivity index (χ3n) is 3.66. The minimum atomic E-state index is -2.37. The summed E-state index contributed by atoms with van der Waals surface area (Å²) in [7, 11) is -10.7. The standard InChI is InChI=1S/C5H12O3P3.C5H11O2P2.Rf/c1-9(6)5-10(2,7)4-11(5,3)8;1-5-8(2,6)4-9(5,3)7;/h9H,4H2,1-3H3;4H2,1-3H3;/q2*-1;. The third-order valence-corrected chi connectivity index (χ3v) is 27.3. The van der Waals surface area contributed by atoms with Crippen LogP contribution in [0.5, 0.6) is 0 Å². The summed E-state index contributed by atoms with van der Waals surface area (Å²) in [5, 5.41) is 1.19. The van der Waals surface area contributed by atoms with E-state index in [2.05, 4.69) is 0 Å². The number of hydrogen-bond donors (Lipinski definition) is 0. The fraction of sp³-hybridized carbons (Fsp3) is 0.800. The summed E-state index contributed by atoms with van der Waals surface area (Å²) in [5.41, 5.74) is 0. The van der Waals surface area contributed by atoms with Crippen molar-refractivity contribution in [2.45, 2.75) is 6.92 Å². The largest absolute Gasteiger partial charge is 0.360 e. The molecule has 0 aromatic rings. The van der Waals surface area contributed by atoms with Gasteiger partial charge in [0.15, 0.2) is 0 Å². The molecule has 0 saturated carbocycles. The second kappa shape index (κ2) is 5.98. The van der Waals surface area contributed by atoms with Gasteiger partial charge >= 0.3 is 0 Å². The van der Waals surface area contributed by atoms with Gasteiger partial charge in [0.25, 0.3) is 0 Å². The van der Waals surface area contributed by atoms with Gasteiger partial charge in [-0.2, -0.15) is 12.3 Å². The van der Waals surface area contributed by atoms with E-state index in [0.717, 1.165) is 5.40 Å². The molecule has 122 valence electrons. The van der Waals surface area contributed by atoms with Crippen LogP contribution in [0.15, 0.2) is 0 Å².